The van der Waals surface area contributed by atoms with Gasteiger partial charge in [-0.05, 0) is 37.1 Å². The maximum Gasteiger partial charge on any atom is 0.171 e. The predicted octanol–water partition coefficient (Wildman–Crippen LogP) is 3.67. The molecule has 1 aromatic rings. The van der Waals surface area contributed by atoms with Crippen LogP contribution in [0.4, 0.5) is 4.39 Å². The number of halogens is 1. The molecule has 0 heterocycles. The summed E-state index contributed by atoms with van der Waals surface area (Å²) in [5.74, 6) is -0.568. The molecule has 0 bridgehead atoms. The van der Waals surface area contributed by atoms with E-state index in [1.165, 1.54) is 6.07 Å². The van der Waals surface area contributed by atoms with Crippen LogP contribution >= 0.6 is 0 Å². The summed E-state index contributed by atoms with van der Waals surface area (Å²) < 4.78 is 13.6. The lowest BCUT2D eigenvalue weighted by Crippen LogP contribution is -2.21. The zero-order valence-electron chi connectivity index (χ0n) is 9.94. The minimum Gasteiger partial charge on any atom is -0.293 e. The van der Waals surface area contributed by atoms with Gasteiger partial charge >= 0.3 is 0 Å². The number of hydrogen-bond acceptors (Lipinski definition) is 1. The summed E-state index contributed by atoms with van der Waals surface area (Å²) in [6.45, 7) is 9.11. The second-order valence-corrected chi connectivity index (χ2v) is 5.00. The molecule has 2 heteroatoms. The van der Waals surface area contributed by atoms with Crippen LogP contribution in [0.5, 0.6) is 0 Å². The number of hydrogen-bond donors (Lipinski definition) is 0. The molecule has 15 heavy (non-hydrogen) atoms. The van der Waals surface area contributed by atoms with Gasteiger partial charge in [0.25, 0.3) is 0 Å². The number of carbonyl (C=O) groups is 1. The van der Waals surface area contributed by atoms with E-state index in [1.54, 1.807) is 26.8 Å². The van der Waals surface area contributed by atoms with Gasteiger partial charge in [0.1, 0.15) is 5.82 Å². The summed E-state index contributed by atoms with van der Waals surface area (Å²) in [6.07, 6.45) is 0. The normalized spacial score (nSPS) is 11.6. The first-order valence-corrected chi connectivity index (χ1v) is 5.05. The lowest BCUT2D eigenvalue weighted by atomic mass is 9.85. The topological polar surface area (TPSA) is 17.1 Å². The van der Waals surface area contributed by atoms with E-state index < -0.39 is 11.2 Å². The summed E-state index contributed by atoms with van der Waals surface area (Å²) in [6, 6.07) is 3.06. The first-order chi connectivity index (χ1) is 6.73. The van der Waals surface area contributed by atoms with Crippen LogP contribution in [0.3, 0.4) is 0 Å². The molecule has 0 saturated heterocycles. The molecular weight excluding hydrogens is 191 g/mol. The lowest BCUT2D eigenvalue weighted by molar-refractivity contribution is 0.0854. The third kappa shape index (κ3) is 2.44. The van der Waals surface area contributed by atoms with Gasteiger partial charge in [0.2, 0.25) is 0 Å². The van der Waals surface area contributed by atoms with E-state index in [-0.39, 0.29) is 11.3 Å². The molecule has 0 aliphatic rings. The van der Waals surface area contributed by atoms with Gasteiger partial charge in [-0.2, -0.15) is 0 Å². The zero-order valence-corrected chi connectivity index (χ0v) is 9.94. The first kappa shape index (κ1) is 11.9. The average Bonchev–Trinajstić information content (AvgIpc) is 2.08. The fourth-order valence-electron chi connectivity index (χ4n) is 1.36. The Labute approximate surface area is 90.3 Å². The highest BCUT2D eigenvalue weighted by Crippen LogP contribution is 2.24. The van der Waals surface area contributed by atoms with Crippen molar-refractivity contribution in [2.75, 3.05) is 0 Å². The standard InChI is InChI=1S/C13H17FO/c1-8-6-10(11(14)7-9(8)2)12(15)13(3,4)5/h6-7H,1-5H3. The quantitative estimate of drug-likeness (QED) is 0.643. The molecule has 0 radical (unpaired) electrons. The van der Waals surface area contributed by atoms with E-state index in [0.717, 1.165) is 11.1 Å². The Hall–Kier alpha value is -1.18. The van der Waals surface area contributed by atoms with Gasteiger partial charge in [-0.3, -0.25) is 4.79 Å². The number of benzene rings is 1. The molecule has 1 nitrogen and oxygen atoms in total. The monoisotopic (exact) mass is 208 g/mol. The van der Waals surface area contributed by atoms with E-state index in [2.05, 4.69) is 0 Å². The molecule has 0 saturated carbocycles. The van der Waals surface area contributed by atoms with E-state index in [1.807, 2.05) is 13.8 Å². The van der Waals surface area contributed by atoms with Gasteiger partial charge in [-0.15, -0.1) is 0 Å². The van der Waals surface area contributed by atoms with Crippen molar-refractivity contribution in [3.05, 3.63) is 34.6 Å². The van der Waals surface area contributed by atoms with Gasteiger partial charge in [0, 0.05) is 5.41 Å². The molecule has 0 amide bonds. The molecule has 82 valence electrons. The van der Waals surface area contributed by atoms with Gasteiger partial charge in [-0.1, -0.05) is 20.8 Å². The second-order valence-electron chi connectivity index (χ2n) is 5.00. The summed E-state index contributed by atoms with van der Waals surface area (Å²) in [5.41, 5.74) is 1.48. The minimum absolute atomic E-state index is 0.150. The minimum atomic E-state index is -0.539. The Morgan fingerprint density at radius 3 is 2.07 bits per heavy atom. The molecular formula is C13H17FO. The highest BCUT2D eigenvalue weighted by molar-refractivity contribution is 6.00. The van der Waals surface area contributed by atoms with Crippen LogP contribution < -0.4 is 0 Å². The highest BCUT2D eigenvalue weighted by atomic mass is 19.1. The maximum atomic E-state index is 13.6. The number of rotatable bonds is 1. The van der Waals surface area contributed by atoms with Crippen LogP contribution in [0.2, 0.25) is 0 Å². The first-order valence-electron chi connectivity index (χ1n) is 5.05. The lowest BCUT2D eigenvalue weighted by Gasteiger charge is -2.17. The number of Topliss-reactive ketones (excluding diaryl/α,β-unsaturated/α-hetero) is 1. The van der Waals surface area contributed by atoms with Crippen molar-refractivity contribution in [2.45, 2.75) is 34.6 Å². The molecule has 0 fully saturated rings. The predicted molar refractivity (Wildman–Crippen MR) is 59.7 cm³/mol. The van der Waals surface area contributed by atoms with E-state index in [9.17, 15) is 9.18 Å². The van der Waals surface area contributed by atoms with Crippen molar-refractivity contribution in [1.29, 1.82) is 0 Å². The molecule has 1 aromatic carbocycles. The Balaban J connectivity index is 3.28. The number of carbonyl (C=O) groups excluding carboxylic acids is 1. The Morgan fingerprint density at radius 1 is 1.13 bits per heavy atom. The molecule has 0 N–H and O–H groups in total. The van der Waals surface area contributed by atoms with Crippen LogP contribution in [-0.4, -0.2) is 5.78 Å². The molecule has 1 rings (SSSR count). The van der Waals surface area contributed by atoms with Crippen molar-refractivity contribution in [3.63, 3.8) is 0 Å². The van der Waals surface area contributed by atoms with Gasteiger partial charge in [-0.25, -0.2) is 4.39 Å². The Kier molecular flexibility index (Phi) is 2.98. The third-order valence-corrected chi connectivity index (χ3v) is 2.51. The number of aryl methyl sites for hydroxylation is 2. The van der Waals surface area contributed by atoms with Crippen molar-refractivity contribution in [3.8, 4) is 0 Å². The number of ketones is 1. The molecule has 0 aliphatic carbocycles. The van der Waals surface area contributed by atoms with E-state index in [0.29, 0.717) is 0 Å². The van der Waals surface area contributed by atoms with Gasteiger partial charge in [0.15, 0.2) is 5.78 Å². The van der Waals surface area contributed by atoms with Crippen LogP contribution in [0, 0.1) is 25.1 Å². The highest BCUT2D eigenvalue weighted by Gasteiger charge is 2.25. The maximum absolute atomic E-state index is 13.6. The average molecular weight is 208 g/mol. The molecule has 0 aromatic heterocycles. The molecule has 0 unspecified atom stereocenters. The Morgan fingerprint density at radius 2 is 1.60 bits per heavy atom. The van der Waals surface area contributed by atoms with Crippen LogP contribution in [0.1, 0.15) is 42.3 Å². The van der Waals surface area contributed by atoms with Crippen molar-refractivity contribution < 1.29 is 9.18 Å². The summed E-state index contributed by atoms with van der Waals surface area (Å²) >= 11 is 0. The van der Waals surface area contributed by atoms with Crippen LogP contribution in [0.25, 0.3) is 0 Å². The largest absolute Gasteiger partial charge is 0.293 e. The van der Waals surface area contributed by atoms with E-state index in [4.69, 9.17) is 0 Å². The van der Waals surface area contributed by atoms with Gasteiger partial charge < -0.3 is 0 Å². The Bertz CT molecular complexity index is 400. The van der Waals surface area contributed by atoms with E-state index >= 15 is 0 Å². The zero-order chi connectivity index (χ0) is 11.8. The van der Waals surface area contributed by atoms with Crippen molar-refractivity contribution >= 4 is 5.78 Å². The molecule has 0 aliphatic heterocycles. The van der Waals surface area contributed by atoms with Crippen molar-refractivity contribution in [2.24, 2.45) is 5.41 Å². The fourth-order valence-corrected chi connectivity index (χ4v) is 1.36. The van der Waals surface area contributed by atoms with Crippen LogP contribution in [0.15, 0.2) is 12.1 Å². The fraction of sp³-hybridized carbons (Fsp3) is 0.462. The van der Waals surface area contributed by atoms with Gasteiger partial charge in [0.05, 0.1) is 5.56 Å². The summed E-state index contributed by atoms with van der Waals surface area (Å²) in [5, 5.41) is 0. The summed E-state index contributed by atoms with van der Waals surface area (Å²) in [7, 11) is 0. The van der Waals surface area contributed by atoms with Crippen molar-refractivity contribution in [1.82, 2.24) is 0 Å². The smallest absolute Gasteiger partial charge is 0.171 e. The third-order valence-electron chi connectivity index (χ3n) is 2.51. The summed E-state index contributed by atoms with van der Waals surface area (Å²) in [4.78, 5) is 11.9. The van der Waals surface area contributed by atoms with Crippen LogP contribution in [-0.2, 0) is 0 Å². The second kappa shape index (κ2) is 3.76. The molecule has 0 atom stereocenters. The SMILES string of the molecule is Cc1cc(F)c(C(=O)C(C)(C)C)cc1C. The molecule has 0 spiro atoms.